The number of pyridine rings is 1. The molecule has 7 nitrogen and oxygen atoms in total. The van der Waals surface area contributed by atoms with Gasteiger partial charge < -0.3 is 15.0 Å². The van der Waals surface area contributed by atoms with E-state index in [-0.39, 0.29) is 11.9 Å². The predicted octanol–water partition coefficient (Wildman–Crippen LogP) is 3.46. The molecule has 0 bridgehead atoms. The van der Waals surface area contributed by atoms with Gasteiger partial charge in [0.25, 0.3) is 5.91 Å². The largest absolute Gasteiger partial charge is 0.447 e. The Morgan fingerprint density at radius 1 is 1.06 bits per heavy atom. The summed E-state index contributed by atoms with van der Waals surface area (Å²) in [6, 6.07) is 9.11. The molecule has 2 aromatic rings. The molecule has 0 unspecified atom stereocenters. The molecule has 0 spiro atoms. The number of hydrogen-bond donors (Lipinski definition) is 1. The molecule has 2 amide bonds. The molecule has 1 N–H and O–H groups in total. The van der Waals surface area contributed by atoms with Gasteiger partial charge in [0, 0.05) is 36.6 Å². The first-order chi connectivity index (χ1) is 14.8. The van der Waals surface area contributed by atoms with E-state index in [2.05, 4.69) is 10.3 Å². The fourth-order valence-corrected chi connectivity index (χ4v) is 3.68. The summed E-state index contributed by atoms with van der Waals surface area (Å²) in [5.41, 5.74) is 0.394. The smallest absolute Gasteiger partial charge is 0.417 e. The van der Waals surface area contributed by atoms with Gasteiger partial charge >= 0.3 is 12.3 Å². The van der Waals surface area contributed by atoms with Gasteiger partial charge in [-0.25, -0.2) is 9.78 Å². The highest BCUT2D eigenvalue weighted by atomic mass is 19.4. The van der Waals surface area contributed by atoms with Crippen LogP contribution < -0.4 is 15.1 Å². The molecule has 2 aliphatic heterocycles. The SMILES string of the molecule is O=C(NC1CCN(c2ccc(C(F)(F)F)cn2)CC1)c1ccc(N2CCOC2=O)cc1. The van der Waals surface area contributed by atoms with Crippen LogP contribution in [0.25, 0.3) is 0 Å². The van der Waals surface area contributed by atoms with Gasteiger partial charge in [0.2, 0.25) is 0 Å². The van der Waals surface area contributed by atoms with Crippen LogP contribution in [0.5, 0.6) is 0 Å². The van der Waals surface area contributed by atoms with E-state index in [9.17, 15) is 22.8 Å². The van der Waals surface area contributed by atoms with Gasteiger partial charge in [0.15, 0.2) is 0 Å². The highest BCUT2D eigenvalue weighted by Crippen LogP contribution is 2.30. The number of nitrogens with zero attached hydrogens (tertiary/aromatic N) is 3. The van der Waals surface area contributed by atoms with Crippen molar-refractivity contribution in [2.24, 2.45) is 0 Å². The molecule has 3 heterocycles. The maximum absolute atomic E-state index is 12.7. The Bertz CT molecular complexity index is 940. The van der Waals surface area contributed by atoms with Crippen molar-refractivity contribution in [3.05, 3.63) is 53.7 Å². The van der Waals surface area contributed by atoms with E-state index < -0.39 is 17.8 Å². The minimum Gasteiger partial charge on any atom is -0.447 e. The van der Waals surface area contributed by atoms with E-state index in [0.29, 0.717) is 56.2 Å². The summed E-state index contributed by atoms with van der Waals surface area (Å²) < 4.78 is 42.9. The maximum Gasteiger partial charge on any atom is 0.417 e. The molecule has 4 rings (SSSR count). The van der Waals surface area contributed by atoms with Crippen LogP contribution in [0.2, 0.25) is 0 Å². The lowest BCUT2D eigenvalue weighted by molar-refractivity contribution is -0.137. The van der Waals surface area contributed by atoms with E-state index in [4.69, 9.17) is 4.74 Å². The second kappa shape index (κ2) is 8.44. The zero-order chi connectivity index (χ0) is 22.0. The fraction of sp³-hybridized carbons (Fsp3) is 0.381. The summed E-state index contributed by atoms with van der Waals surface area (Å²) in [4.78, 5) is 31.5. The summed E-state index contributed by atoms with van der Waals surface area (Å²) in [5, 5.41) is 2.99. The average molecular weight is 434 g/mol. The lowest BCUT2D eigenvalue weighted by atomic mass is 10.0. The molecule has 164 valence electrons. The monoisotopic (exact) mass is 434 g/mol. The van der Waals surface area contributed by atoms with Crippen molar-refractivity contribution >= 4 is 23.5 Å². The van der Waals surface area contributed by atoms with E-state index in [1.807, 2.05) is 4.90 Å². The molecule has 2 fully saturated rings. The Kier molecular flexibility index (Phi) is 5.71. The Morgan fingerprint density at radius 2 is 1.77 bits per heavy atom. The van der Waals surface area contributed by atoms with E-state index in [1.165, 1.54) is 11.0 Å². The molecule has 0 atom stereocenters. The molecular formula is C21H21F3N4O3. The Hall–Kier alpha value is -3.30. The number of amides is 2. The third-order valence-corrected chi connectivity index (χ3v) is 5.43. The number of piperidine rings is 1. The Labute approximate surface area is 176 Å². The number of cyclic esters (lactones) is 1. The molecule has 0 radical (unpaired) electrons. The molecule has 1 aromatic carbocycles. The topological polar surface area (TPSA) is 74.8 Å². The number of nitrogens with one attached hydrogen (secondary N) is 1. The van der Waals surface area contributed by atoms with E-state index >= 15 is 0 Å². The van der Waals surface area contributed by atoms with Crippen molar-refractivity contribution in [1.82, 2.24) is 10.3 Å². The van der Waals surface area contributed by atoms with Crippen molar-refractivity contribution in [1.29, 1.82) is 0 Å². The van der Waals surface area contributed by atoms with Crippen molar-refractivity contribution in [2.45, 2.75) is 25.1 Å². The number of alkyl halides is 3. The van der Waals surface area contributed by atoms with Crippen LogP contribution >= 0.6 is 0 Å². The quantitative estimate of drug-likeness (QED) is 0.798. The van der Waals surface area contributed by atoms with Gasteiger partial charge in [-0.1, -0.05) is 0 Å². The number of halogens is 3. The average Bonchev–Trinajstić information content (AvgIpc) is 3.20. The number of hydrogen-bond acceptors (Lipinski definition) is 5. The summed E-state index contributed by atoms with van der Waals surface area (Å²) in [5.74, 6) is 0.287. The van der Waals surface area contributed by atoms with Gasteiger partial charge in [-0.15, -0.1) is 0 Å². The predicted molar refractivity (Wildman–Crippen MR) is 107 cm³/mol. The van der Waals surface area contributed by atoms with E-state index in [1.54, 1.807) is 24.3 Å². The number of rotatable bonds is 4. The zero-order valence-electron chi connectivity index (χ0n) is 16.6. The number of ether oxygens (including phenoxy) is 1. The lowest BCUT2D eigenvalue weighted by Gasteiger charge is -2.33. The normalized spacial score (nSPS) is 17.6. The molecule has 2 aliphatic rings. The lowest BCUT2D eigenvalue weighted by Crippen LogP contribution is -2.45. The van der Waals surface area contributed by atoms with Gasteiger partial charge in [0.05, 0.1) is 12.1 Å². The van der Waals surface area contributed by atoms with Gasteiger partial charge in [-0.3, -0.25) is 9.69 Å². The zero-order valence-corrected chi connectivity index (χ0v) is 16.6. The first kappa shape index (κ1) is 21.0. The van der Waals surface area contributed by atoms with Crippen molar-refractivity contribution in [3.63, 3.8) is 0 Å². The van der Waals surface area contributed by atoms with Crippen LogP contribution in [0, 0.1) is 0 Å². The number of aromatic nitrogens is 1. The molecule has 31 heavy (non-hydrogen) atoms. The molecule has 2 saturated heterocycles. The highest BCUT2D eigenvalue weighted by Gasteiger charge is 2.31. The van der Waals surface area contributed by atoms with Crippen LogP contribution in [0.3, 0.4) is 0 Å². The van der Waals surface area contributed by atoms with E-state index in [0.717, 1.165) is 12.3 Å². The van der Waals surface area contributed by atoms with Gasteiger partial charge in [-0.2, -0.15) is 13.2 Å². The fourth-order valence-electron chi connectivity index (χ4n) is 3.68. The first-order valence-corrected chi connectivity index (χ1v) is 9.95. The summed E-state index contributed by atoms with van der Waals surface area (Å²) >= 11 is 0. The molecule has 0 saturated carbocycles. The van der Waals surface area contributed by atoms with Crippen LogP contribution in [0.15, 0.2) is 42.6 Å². The first-order valence-electron chi connectivity index (χ1n) is 9.95. The second-order valence-electron chi connectivity index (χ2n) is 7.45. The standard InChI is InChI=1S/C21H21F3N4O3/c22-21(23,24)15-3-6-18(25-13-15)27-9-7-16(8-10-27)26-19(29)14-1-4-17(5-2-14)28-11-12-31-20(28)30/h1-6,13,16H,7-12H2,(H,26,29). The van der Waals surface area contributed by atoms with Crippen molar-refractivity contribution in [2.75, 3.05) is 36.0 Å². The van der Waals surface area contributed by atoms with Crippen molar-refractivity contribution < 1.29 is 27.5 Å². The molecule has 10 heteroatoms. The molecule has 1 aromatic heterocycles. The number of carbonyl (C=O) groups is 2. The van der Waals surface area contributed by atoms with Crippen LogP contribution in [0.1, 0.15) is 28.8 Å². The Balaban J connectivity index is 1.29. The van der Waals surface area contributed by atoms with Crippen LogP contribution in [-0.2, 0) is 10.9 Å². The number of carbonyl (C=O) groups excluding carboxylic acids is 2. The summed E-state index contributed by atoms with van der Waals surface area (Å²) in [7, 11) is 0. The number of benzene rings is 1. The summed E-state index contributed by atoms with van der Waals surface area (Å²) in [6.07, 6.45) is -2.64. The maximum atomic E-state index is 12.7. The number of anilines is 2. The Morgan fingerprint density at radius 3 is 2.32 bits per heavy atom. The van der Waals surface area contributed by atoms with Crippen LogP contribution in [-0.4, -0.2) is 49.3 Å². The van der Waals surface area contributed by atoms with Crippen LogP contribution in [0.4, 0.5) is 29.5 Å². The second-order valence-corrected chi connectivity index (χ2v) is 7.45. The molecular weight excluding hydrogens is 413 g/mol. The molecule has 0 aliphatic carbocycles. The van der Waals surface area contributed by atoms with Crippen molar-refractivity contribution in [3.8, 4) is 0 Å². The third kappa shape index (κ3) is 4.73. The third-order valence-electron chi connectivity index (χ3n) is 5.43. The highest BCUT2D eigenvalue weighted by molar-refractivity contribution is 5.95. The van der Waals surface area contributed by atoms with Gasteiger partial charge in [-0.05, 0) is 49.2 Å². The minimum absolute atomic E-state index is 0.0357. The summed E-state index contributed by atoms with van der Waals surface area (Å²) in [6.45, 7) is 2.00. The minimum atomic E-state index is -4.40. The van der Waals surface area contributed by atoms with Gasteiger partial charge in [0.1, 0.15) is 12.4 Å².